The Kier molecular flexibility index (Phi) is 7.25. The second-order valence-electron chi connectivity index (χ2n) is 8.24. The zero-order valence-corrected chi connectivity index (χ0v) is 18.8. The van der Waals surface area contributed by atoms with Crippen LogP contribution in [-0.2, 0) is 11.3 Å². The fourth-order valence-electron chi connectivity index (χ4n) is 3.95. The number of furan rings is 1. The maximum atomic E-state index is 13.0. The Hall–Kier alpha value is -3.80. The number of piperidine rings is 1. The summed E-state index contributed by atoms with van der Waals surface area (Å²) in [5.41, 5.74) is 3.69. The molecule has 0 radical (unpaired) electrons. The largest absolute Gasteiger partial charge is 0.465 e. The average molecular weight is 444 g/mol. The molecular weight excluding hydrogens is 414 g/mol. The number of carbonyl (C=O) groups excluding carboxylic acids is 2. The molecule has 1 aliphatic heterocycles. The van der Waals surface area contributed by atoms with Crippen LogP contribution in [-0.4, -0.2) is 24.9 Å². The minimum absolute atomic E-state index is 0.128. The van der Waals surface area contributed by atoms with E-state index >= 15 is 0 Å². The number of nitrogens with one attached hydrogen (secondary N) is 2. The topological polar surface area (TPSA) is 74.6 Å². The lowest BCUT2D eigenvalue weighted by Crippen LogP contribution is -2.34. The fraction of sp³-hybridized carbons (Fsp3) is 0.259. The Bertz CT molecular complexity index is 1110. The van der Waals surface area contributed by atoms with Crippen LogP contribution >= 0.6 is 0 Å². The van der Waals surface area contributed by atoms with Gasteiger partial charge in [0.2, 0.25) is 0 Å². The van der Waals surface area contributed by atoms with Gasteiger partial charge in [0.15, 0.2) is 0 Å². The third-order valence-electron chi connectivity index (χ3n) is 5.82. The van der Waals surface area contributed by atoms with Gasteiger partial charge in [-0.1, -0.05) is 30.3 Å². The minimum Gasteiger partial charge on any atom is -0.465 e. The molecule has 2 amide bonds. The van der Waals surface area contributed by atoms with E-state index in [1.807, 2.05) is 31.2 Å². The van der Waals surface area contributed by atoms with E-state index in [-0.39, 0.29) is 17.5 Å². The number of hydrogen-bond acceptors (Lipinski definition) is 4. The Balaban J connectivity index is 1.43. The Morgan fingerprint density at radius 1 is 0.970 bits per heavy atom. The number of hydrogen-bond donors (Lipinski definition) is 2. The molecule has 2 aromatic carbocycles. The predicted molar refractivity (Wildman–Crippen MR) is 130 cm³/mol. The van der Waals surface area contributed by atoms with E-state index < -0.39 is 0 Å². The van der Waals surface area contributed by atoms with Gasteiger partial charge in [-0.25, -0.2) is 0 Å². The molecule has 1 aromatic heterocycles. The normalized spacial score (nSPS) is 14.1. The molecule has 0 spiro atoms. The zero-order chi connectivity index (χ0) is 23.0. The van der Waals surface area contributed by atoms with E-state index in [4.69, 9.17) is 4.42 Å². The van der Waals surface area contributed by atoms with Gasteiger partial charge >= 0.3 is 0 Å². The third kappa shape index (κ3) is 5.92. The molecule has 6 heteroatoms. The van der Waals surface area contributed by atoms with Crippen molar-refractivity contribution in [3.63, 3.8) is 0 Å². The van der Waals surface area contributed by atoms with Crippen molar-refractivity contribution >= 4 is 23.6 Å². The first-order valence-corrected chi connectivity index (χ1v) is 11.3. The first-order valence-electron chi connectivity index (χ1n) is 11.3. The number of anilines is 1. The van der Waals surface area contributed by atoms with Crippen LogP contribution in [0.1, 0.15) is 46.5 Å². The van der Waals surface area contributed by atoms with Gasteiger partial charge in [-0.3, -0.25) is 9.59 Å². The van der Waals surface area contributed by atoms with E-state index in [0.717, 1.165) is 24.2 Å². The highest BCUT2D eigenvalue weighted by molar-refractivity contribution is 6.05. The van der Waals surface area contributed by atoms with Gasteiger partial charge in [0, 0.05) is 37.0 Å². The van der Waals surface area contributed by atoms with Crippen LogP contribution in [0.15, 0.2) is 77.0 Å². The van der Waals surface area contributed by atoms with Crippen molar-refractivity contribution < 1.29 is 14.0 Å². The van der Waals surface area contributed by atoms with Crippen molar-refractivity contribution in [1.82, 2.24) is 10.6 Å². The minimum atomic E-state index is -0.381. The second-order valence-corrected chi connectivity index (χ2v) is 8.24. The summed E-state index contributed by atoms with van der Waals surface area (Å²) in [5, 5.41) is 5.65. The van der Waals surface area contributed by atoms with Crippen LogP contribution in [0.4, 0.5) is 5.69 Å². The van der Waals surface area contributed by atoms with E-state index in [0.29, 0.717) is 17.9 Å². The number of amides is 2. The molecule has 6 nitrogen and oxygen atoms in total. The third-order valence-corrected chi connectivity index (χ3v) is 5.82. The van der Waals surface area contributed by atoms with E-state index in [9.17, 15) is 9.59 Å². The number of carbonyl (C=O) groups is 2. The summed E-state index contributed by atoms with van der Waals surface area (Å²) in [5.74, 6) is -0.239. The predicted octanol–water partition coefficient (Wildman–Crippen LogP) is 4.67. The van der Waals surface area contributed by atoms with Crippen LogP contribution in [0.5, 0.6) is 0 Å². The highest BCUT2D eigenvalue weighted by Gasteiger charge is 2.17. The van der Waals surface area contributed by atoms with Crippen LogP contribution in [0.25, 0.3) is 6.08 Å². The molecule has 1 saturated heterocycles. The van der Waals surface area contributed by atoms with Gasteiger partial charge in [-0.15, -0.1) is 0 Å². The maximum Gasteiger partial charge on any atom is 0.268 e. The quantitative estimate of drug-likeness (QED) is 0.521. The zero-order valence-electron chi connectivity index (χ0n) is 18.8. The van der Waals surface area contributed by atoms with Crippen LogP contribution in [0.3, 0.4) is 0 Å². The summed E-state index contributed by atoms with van der Waals surface area (Å²) in [6, 6.07) is 19.0. The molecule has 1 aliphatic rings. The summed E-state index contributed by atoms with van der Waals surface area (Å²) in [6.45, 7) is 4.41. The first kappa shape index (κ1) is 22.4. The molecule has 170 valence electrons. The van der Waals surface area contributed by atoms with Gasteiger partial charge in [0.25, 0.3) is 11.8 Å². The molecule has 33 heavy (non-hydrogen) atoms. The Morgan fingerprint density at radius 2 is 1.73 bits per heavy atom. The summed E-state index contributed by atoms with van der Waals surface area (Å²) >= 11 is 0. The maximum absolute atomic E-state index is 13.0. The number of rotatable bonds is 7. The lowest BCUT2D eigenvalue weighted by atomic mass is 10.1. The van der Waals surface area contributed by atoms with Gasteiger partial charge in [-0.05, 0) is 67.6 Å². The monoisotopic (exact) mass is 443 g/mol. The lowest BCUT2D eigenvalue weighted by Gasteiger charge is -2.28. The van der Waals surface area contributed by atoms with Crippen LogP contribution < -0.4 is 15.5 Å². The van der Waals surface area contributed by atoms with Crippen molar-refractivity contribution in [2.45, 2.75) is 32.7 Å². The number of aryl methyl sites for hydroxylation is 1. The summed E-state index contributed by atoms with van der Waals surface area (Å²) in [7, 11) is 0. The smallest absolute Gasteiger partial charge is 0.268 e. The summed E-state index contributed by atoms with van der Waals surface area (Å²) in [4.78, 5) is 28.2. The van der Waals surface area contributed by atoms with E-state index in [1.165, 1.54) is 37.3 Å². The number of nitrogens with zero attached hydrogens (tertiary/aromatic N) is 1. The van der Waals surface area contributed by atoms with Gasteiger partial charge in [0.1, 0.15) is 11.5 Å². The van der Waals surface area contributed by atoms with Gasteiger partial charge < -0.3 is 20.0 Å². The van der Waals surface area contributed by atoms with Crippen molar-refractivity contribution in [1.29, 1.82) is 0 Å². The fourth-order valence-corrected chi connectivity index (χ4v) is 3.95. The van der Waals surface area contributed by atoms with Crippen molar-refractivity contribution in [2.24, 2.45) is 0 Å². The highest BCUT2D eigenvalue weighted by Crippen LogP contribution is 2.20. The molecule has 0 saturated carbocycles. The standard InChI is InChI=1S/C27H29N3O3/c1-20-8-3-4-10-24(20)26(31)29-25(18-23-9-7-17-33-23)27(32)28-19-21-11-13-22(14-12-21)30-15-5-2-6-16-30/h3-4,7-14,17-18H,2,5-6,15-16,19H2,1H3,(H,28,32)(H,29,31)/b25-18-. The van der Waals surface area contributed by atoms with Gasteiger partial charge in [-0.2, -0.15) is 0 Å². The molecule has 0 bridgehead atoms. The molecule has 0 aliphatic carbocycles. The van der Waals surface area contributed by atoms with E-state index in [1.54, 1.807) is 24.3 Å². The number of benzene rings is 2. The van der Waals surface area contributed by atoms with Crippen LogP contribution in [0, 0.1) is 6.92 Å². The highest BCUT2D eigenvalue weighted by atomic mass is 16.3. The van der Waals surface area contributed by atoms with Gasteiger partial charge in [0.05, 0.1) is 6.26 Å². The average Bonchev–Trinajstić information content (AvgIpc) is 3.36. The Labute approximate surface area is 194 Å². The Morgan fingerprint density at radius 3 is 2.42 bits per heavy atom. The van der Waals surface area contributed by atoms with Crippen molar-refractivity contribution in [3.05, 3.63) is 95.1 Å². The molecule has 4 rings (SSSR count). The lowest BCUT2D eigenvalue weighted by molar-refractivity contribution is -0.117. The molecule has 2 N–H and O–H groups in total. The second kappa shape index (κ2) is 10.7. The van der Waals surface area contributed by atoms with Crippen LogP contribution in [0.2, 0.25) is 0 Å². The van der Waals surface area contributed by atoms with E-state index in [2.05, 4.69) is 27.7 Å². The van der Waals surface area contributed by atoms with Crippen molar-refractivity contribution in [3.8, 4) is 0 Å². The molecule has 3 aromatic rings. The molecule has 0 unspecified atom stereocenters. The summed E-state index contributed by atoms with van der Waals surface area (Å²) < 4.78 is 5.35. The first-order chi connectivity index (χ1) is 16.1. The summed E-state index contributed by atoms with van der Waals surface area (Å²) in [6.07, 6.45) is 6.82. The molecule has 2 heterocycles. The SMILES string of the molecule is Cc1ccccc1C(=O)N/C(=C\c1ccco1)C(=O)NCc1ccc(N2CCCCC2)cc1. The van der Waals surface area contributed by atoms with Crippen molar-refractivity contribution in [2.75, 3.05) is 18.0 Å². The molecule has 0 atom stereocenters. The molecule has 1 fully saturated rings. The molecular formula is C27H29N3O3.